The summed E-state index contributed by atoms with van der Waals surface area (Å²) >= 11 is 0. The van der Waals surface area contributed by atoms with E-state index >= 15 is 0 Å². The molecule has 0 spiro atoms. The second kappa shape index (κ2) is 10.6. The van der Waals surface area contributed by atoms with Gasteiger partial charge in [0.1, 0.15) is 29.3 Å². The molecule has 6 rings (SSSR count). The van der Waals surface area contributed by atoms with Crippen LogP contribution >= 0.6 is 0 Å². The smallest absolute Gasteiger partial charge is 0.410 e. The molecule has 4 heterocycles. The zero-order valence-electron chi connectivity index (χ0n) is 22.1. The summed E-state index contributed by atoms with van der Waals surface area (Å²) in [6.07, 6.45) is -0.178. The number of aliphatic hydroxyl groups is 2. The Kier molecular flexibility index (Phi) is 7.02. The van der Waals surface area contributed by atoms with Crippen molar-refractivity contribution in [1.29, 1.82) is 0 Å². The van der Waals surface area contributed by atoms with E-state index in [0.717, 1.165) is 31.2 Å². The van der Waals surface area contributed by atoms with Gasteiger partial charge in [0.05, 0.1) is 6.33 Å². The third kappa shape index (κ3) is 5.31. The number of nitrogens with zero attached hydrogens (tertiary/aromatic N) is 5. The van der Waals surface area contributed by atoms with Crippen LogP contribution in [0.2, 0.25) is 0 Å². The minimum absolute atomic E-state index is 0.0920. The number of anilines is 1. The van der Waals surface area contributed by atoms with Gasteiger partial charge in [0, 0.05) is 25.6 Å². The number of aryl methyl sites for hydroxylation is 1. The van der Waals surface area contributed by atoms with Crippen LogP contribution in [0.3, 0.4) is 0 Å². The molecule has 2 aromatic heterocycles. The first-order valence-electron chi connectivity index (χ1n) is 13.6. The summed E-state index contributed by atoms with van der Waals surface area (Å²) in [6.45, 7) is 3.08. The Morgan fingerprint density at radius 2 is 1.82 bits per heavy atom. The summed E-state index contributed by atoms with van der Waals surface area (Å²) in [6, 6.07) is 7.45. The van der Waals surface area contributed by atoms with Crippen molar-refractivity contribution in [2.75, 3.05) is 18.8 Å². The standard InChI is InChI=1S/C27H33N7O6/c1-14-2-6-17(7-3-14)39-27(38)33-10-8-15(9-11-33)12-18-31-23(28)19-24(32-18)34(13-29-19)26-21(36)20(35)22(40-26)25(37)30-16-4-5-16/h2-3,6-7,13,15-16,20-22,26,35-36H,4-5,8-12H2,1H3,(H,30,37)(H2,28,31,32)/t20?,21?,22-,26+/m0/s1. The Labute approximate surface area is 230 Å². The molecule has 13 nitrogen and oxygen atoms in total. The Balaban J connectivity index is 1.11. The van der Waals surface area contributed by atoms with Gasteiger partial charge in [0.2, 0.25) is 0 Å². The van der Waals surface area contributed by atoms with E-state index in [2.05, 4.69) is 20.3 Å². The fourth-order valence-electron chi connectivity index (χ4n) is 5.23. The number of aliphatic hydroxyl groups excluding tert-OH is 2. The number of hydrogen-bond acceptors (Lipinski definition) is 10. The van der Waals surface area contributed by atoms with E-state index in [1.165, 1.54) is 10.9 Å². The molecule has 212 valence electrons. The number of nitrogens with one attached hydrogen (secondary N) is 1. The fraction of sp³-hybridized carbons (Fsp3) is 0.519. The molecule has 2 unspecified atom stereocenters. The van der Waals surface area contributed by atoms with Crippen molar-refractivity contribution in [1.82, 2.24) is 29.7 Å². The number of imidazole rings is 1. The summed E-state index contributed by atoms with van der Waals surface area (Å²) in [5, 5.41) is 24.0. The first-order chi connectivity index (χ1) is 19.3. The summed E-state index contributed by atoms with van der Waals surface area (Å²) in [4.78, 5) is 40.2. The molecule has 40 heavy (non-hydrogen) atoms. The number of benzene rings is 1. The highest BCUT2D eigenvalue weighted by molar-refractivity contribution is 5.83. The monoisotopic (exact) mass is 551 g/mol. The SMILES string of the molecule is Cc1ccc(OC(=O)N2CCC(Cc3nc(N)c4ncn([C@@H]5O[C@H](C(=O)NC6CC6)C(O)C5O)c4n3)CC2)cc1. The molecule has 3 aliphatic rings. The van der Waals surface area contributed by atoms with Crippen molar-refractivity contribution in [3.8, 4) is 5.75 Å². The van der Waals surface area contributed by atoms with E-state index in [0.29, 0.717) is 42.2 Å². The number of rotatable bonds is 6. The first kappa shape index (κ1) is 26.4. The fourth-order valence-corrected chi connectivity index (χ4v) is 5.23. The van der Waals surface area contributed by atoms with Gasteiger partial charge in [0.25, 0.3) is 5.91 Å². The minimum Gasteiger partial charge on any atom is -0.410 e. The van der Waals surface area contributed by atoms with E-state index < -0.39 is 30.4 Å². The number of fused-ring (bicyclic) bond motifs is 1. The highest BCUT2D eigenvalue weighted by Gasteiger charge is 2.48. The Bertz CT molecular complexity index is 1400. The van der Waals surface area contributed by atoms with Crippen LogP contribution in [0.1, 0.15) is 43.3 Å². The quantitative estimate of drug-likeness (QED) is 0.346. The van der Waals surface area contributed by atoms with Crippen LogP contribution in [-0.2, 0) is 16.0 Å². The van der Waals surface area contributed by atoms with Gasteiger partial charge in [-0.05, 0) is 50.7 Å². The van der Waals surface area contributed by atoms with Gasteiger partial charge in [-0.15, -0.1) is 0 Å². The summed E-state index contributed by atoms with van der Waals surface area (Å²) < 4.78 is 12.8. The van der Waals surface area contributed by atoms with Crippen molar-refractivity contribution >= 4 is 29.0 Å². The van der Waals surface area contributed by atoms with Gasteiger partial charge in [-0.25, -0.2) is 19.7 Å². The predicted octanol–water partition coefficient (Wildman–Crippen LogP) is 1.07. The molecule has 5 N–H and O–H groups in total. The number of ether oxygens (including phenoxy) is 2. The van der Waals surface area contributed by atoms with Gasteiger partial charge >= 0.3 is 6.09 Å². The van der Waals surface area contributed by atoms with E-state index in [1.54, 1.807) is 17.0 Å². The summed E-state index contributed by atoms with van der Waals surface area (Å²) in [5.74, 6) is 0.981. The van der Waals surface area contributed by atoms with Crippen molar-refractivity contribution in [2.24, 2.45) is 5.92 Å². The summed E-state index contributed by atoms with van der Waals surface area (Å²) in [5.41, 5.74) is 7.99. The van der Waals surface area contributed by atoms with Crippen LogP contribution in [0.15, 0.2) is 30.6 Å². The third-order valence-corrected chi connectivity index (χ3v) is 7.76. The van der Waals surface area contributed by atoms with Crippen LogP contribution in [0, 0.1) is 12.8 Å². The number of hydrogen-bond donors (Lipinski definition) is 4. The molecule has 2 amide bonds. The maximum Gasteiger partial charge on any atom is 0.415 e. The Morgan fingerprint density at radius 1 is 1.10 bits per heavy atom. The second-order valence-corrected chi connectivity index (χ2v) is 10.9. The Hall–Kier alpha value is -3.81. The number of piperidine rings is 1. The number of nitrogens with two attached hydrogens (primary N) is 1. The topological polar surface area (TPSA) is 178 Å². The molecule has 4 atom stereocenters. The normalized spacial score (nSPS) is 25.3. The molecule has 3 fully saturated rings. The van der Waals surface area contributed by atoms with Crippen molar-refractivity contribution in [3.05, 3.63) is 42.0 Å². The minimum atomic E-state index is -1.40. The predicted molar refractivity (Wildman–Crippen MR) is 142 cm³/mol. The van der Waals surface area contributed by atoms with Gasteiger partial charge in [-0.1, -0.05) is 17.7 Å². The molecule has 1 aromatic carbocycles. The Morgan fingerprint density at radius 3 is 2.52 bits per heavy atom. The maximum atomic E-state index is 12.6. The van der Waals surface area contributed by atoms with Crippen molar-refractivity contribution < 1.29 is 29.3 Å². The maximum absolute atomic E-state index is 12.6. The molecule has 3 aromatic rings. The lowest BCUT2D eigenvalue weighted by molar-refractivity contribution is -0.137. The number of likely N-dealkylation sites (tertiary alicyclic amines) is 1. The molecule has 1 aliphatic carbocycles. The molecule has 13 heteroatoms. The highest BCUT2D eigenvalue weighted by Crippen LogP contribution is 2.33. The number of aromatic nitrogens is 4. The van der Waals surface area contributed by atoms with Crippen molar-refractivity contribution in [3.63, 3.8) is 0 Å². The van der Waals surface area contributed by atoms with Crippen LogP contribution in [0.5, 0.6) is 5.75 Å². The van der Waals surface area contributed by atoms with Gasteiger partial charge in [0.15, 0.2) is 23.8 Å². The lowest BCUT2D eigenvalue weighted by atomic mass is 9.93. The number of amides is 2. The van der Waals surface area contributed by atoms with E-state index in [-0.39, 0.29) is 23.9 Å². The molecule has 2 saturated heterocycles. The number of carbonyl (C=O) groups is 2. The zero-order chi connectivity index (χ0) is 28.0. The largest absolute Gasteiger partial charge is 0.415 e. The second-order valence-electron chi connectivity index (χ2n) is 10.9. The lowest BCUT2D eigenvalue weighted by Crippen LogP contribution is -2.43. The molecule has 2 aliphatic heterocycles. The van der Waals surface area contributed by atoms with E-state index in [1.807, 2.05) is 19.1 Å². The third-order valence-electron chi connectivity index (χ3n) is 7.76. The number of nitrogen functional groups attached to an aromatic ring is 1. The first-order valence-corrected chi connectivity index (χ1v) is 13.6. The van der Waals surface area contributed by atoms with Crippen LogP contribution in [-0.4, -0.2) is 84.1 Å². The molecule has 0 radical (unpaired) electrons. The van der Waals surface area contributed by atoms with Gasteiger partial charge < -0.3 is 35.6 Å². The van der Waals surface area contributed by atoms with Crippen LogP contribution in [0.25, 0.3) is 11.2 Å². The lowest BCUT2D eigenvalue weighted by Gasteiger charge is -2.31. The van der Waals surface area contributed by atoms with E-state index in [9.17, 15) is 19.8 Å². The van der Waals surface area contributed by atoms with Crippen molar-refractivity contribution in [2.45, 2.75) is 69.6 Å². The molecule has 0 bridgehead atoms. The summed E-state index contributed by atoms with van der Waals surface area (Å²) in [7, 11) is 0. The molecular formula is C27H33N7O6. The molecular weight excluding hydrogens is 518 g/mol. The van der Waals surface area contributed by atoms with Gasteiger partial charge in [-0.2, -0.15) is 0 Å². The molecule has 1 saturated carbocycles. The van der Waals surface area contributed by atoms with Gasteiger partial charge in [-0.3, -0.25) is 9.36 Å². The van der Waals surface area contributed by atoms with Crippen LogP contribution < -0.4 is 15.8 Å². The highest BCUT2D eigenvalue weighted by atomic mass is 16.6. The van der Waals surface area contributed by atoms with Crippen LogP contribution in [0.4, 0.5) is 10.6 Å². The average molecular weight is 552 g/mol. The average Bonchev–Trinajstić information content (AvgIpc) is 3.57. The zero-order valence-corrected chi connectivity index (χ0v) is 22.1. The number of carbonyl (C=O) groups excluding carboxylic acids is 2. The van der Waals surface area contributed by atoms with E-state index in [4.69, 9.17) is 15.2 Å².